The summed E-state index contributed by atoms with van der Waals surface area (Å²) in [5, 5.41) is 10.9. The number of nitrogens with two attached hydrogens (primary N) is 1. The van der Waals surface area contributed by atoms with Crippen LogP contribution >= 0.6 is 11.3 Å². The molecular formula is C11H16N2O3S. The second kappa shape index (κ2) is 5.59. The van der Waals surface area contributed by atoms with Crippen molar-refractivity contribution in [2.24, 2.45) is 5.73 Å². The fourth-order valence-electron chi connectivity index (χ4n) is 1.82. The van der Waals surface area contributed by atoms with Crippen molar-refractivity contribution in [3.8, 4) is 0 Å². The maximum atomic E-state index is 12.1. The van der Waals surface area contributed by atoms with E-state index in [1.165, 1.54) is 11.3 Å². The minimum absolute atomic E-state index is 0.0714. The molecule has 0 aromatic carbocycles. The Morgan fingerprint density at radius 1 is 1.76 bits per heavy atom. The van der Waals surface area contributed by atoms with E-state index in [4.69, 9.17) is 15.6 Å². The topological polar surface area (TPSA) is 75.8 Å². The summed E-state index contributed by atoms with van der Waals surface area (Å²) in [6.45, 7) is 1.33. The van der Waals surface area contributed by atoms with Crippen molar-refractivity contribution < 1.29 is 14.6 Å². The first-order valence-electron chi connectivity index (χ1n) is 5.52. The molecule has 2 unspecified atom stereocenters. The van der Waals surface area contributed by atoms with E-state index in [0.717, 1.165) is 4.88 Å². The summed E-state index contributed by atoms with van der Waals surface area (Å²) in [7, 11) is 0. The summed E-state index contributed by atoms with van der Waals surface area (Å²) in [5.74, 6) is -0.103. The van der Waals surface area contributed by atoms with Gasteiger partial charge in [0.25, 0.3) is 0 Å². The van der Waals surface area contributed by atoms with Gasteiger partial charge in [0.05, 0.1) is 19.3 Å². The molecule has 0 spiro atoms. The number of amides is 1. The molecule has 1 amide bonds. The van der Waals surface area contributed by atoms with Crippen molar-refractivity contribution in [2.45, 2.75) is 12.1 Å². The first-order valence-corrected chi connectivity index (χ1v) is 6.40. The Morgan fingerprint density at radius 2 is 2.59 bits per heavy atom. The van der Waals surface area contributed by atoms with Gasteiger partial charge in [-0.2, -0.15) is 0 Å². The number of nitrogens with zero attached hydrogens (tertiary/aromatic N) is 1. The largest absolute Gasteiger partial charge is 0.394 e. The Labute approximate surface area is 104 Å². The fraction of sp³-hybridized carbons (Fsp3) is 0.545. The highest BCUT2D eigenvalue weighted by atomic mass is 32.1. The van der Waals surface area contributed by atoms with Crippen LogP contribution in [0.4, 0.5) is 0 Å². The molecule has 1 aromatic heterocycles. The minimum atomic E-state index is -0.604. The molecule has 0 saturated carbocycles. The second-order valence-electron chi connectivity index (χ2n) is 3.95. The molecule has 6 heteroatoms. The Bertz CT molecular complexity index is 369. The molecule has 0 bridgehead atoms. The highest BCUT2D eigenvalue weighted by Gasteiger charge is 2.28. The molecule has 0 radical (unpaired) electrons. The lowest BCUT2D eigenvalue weighted by Gasteiger charge is -2.33. The van der Waals surface area contributed by atoms with Crippen molar-refractivity contribution in [1.29, 1.82) is 0 Å². The number of carbonyl (C=O) groups excluding carboxylic acids is 1. The van der Waals surface area contributed by atoms with Crippen LogP contribution in [-0.4, -0.2) is 48.3 Å². The van der Waals surface area contributed by atoms with E-state index in [1.54, 1.807) is 4.90 Å². The number of aliphatic hydroxyl groups is 1. The Kier molecular flexibility index (Phi) is 4.11. The number of rotatable bonds is 3. The smallest absolute Gasteiger partial charge is 0.245 e. The van der Waals surface area contributed by atoms with E-state index in [1.807, 2.05) is 17.5 Å². The van der Waals surface area contributed by atoms with Gasteiger partial charge in [-0.3, -0.25) is 4.79 Å². The van der Waals surface area contributed by atoms with Crippen LogP contribution in [-0.2, 0) is 9.53 Å². The monoisotopic (exact) mass is 256 g/mol. The standard InChI is InChI=1S/C11H16N2O3S/c12-10(9-2-1-5-17-9)11(15)13-3-4-16-8(6-13)7-14/h1-2,5,8,10,14H,3-4,6-7,12H2. The zero-order chi connectivity index (χ0) is 12.3. The van der Waals surface area contributed by atoms with Gasteiger partial charge in [0.15, 0.2) is 0 Å². The van der Waals surface area contributed by atoms with Crippen LogP contribution < -0.4 is 5.73 Å². The lowest BCUT2D eigenvalue weighted by Crippen LogP contribution is -2.49. The van der Waals surface area contributed by atoms with Crippen LogP contribution in [0.2, 0.25) is 0 Å². The van der Waals surface area contributed by atoms with E-state index >= 15 is 0 Å². The molecule has 1 aliphatic rings. The molecule has 3 N–H and O–H groups in total. The minimum Gasteiger partial charge on any atom is -0.394 e. The molecule has 1 aliphatic heterocycles. The lowest BCUT2D eigenvalue weighted by molar-refractivity contribution is -0.141. The number of hydrogen-bond donors (Lipinski definition) is 2. The molecule has 2 rings (SSSR count). The maximum absolute atomic E-state index is 12.1. The van der Waals surface area contributed by atoms with E-state index in [2.05, 4.69) is 0 Å². The summed E-state index contributed by atoms with van der Waals surface area (Å²) in [4.78, 5) is 14.7. The van der Waals surface area contributed by atoms with Crippen molar-refractivity contribution >= 4 is 17.2 Å². The molecule has 1 aromatic rings. The van der Waals surface area contributed by atoms with Gasteiger partial charge in [0.1, 0.15) is 6.04 Å². The van der Waals surface area contributed by atoms with Gasteiger partial charge in [-0.25, -0.2) is 0 Å². The molecule has 0 aliphatic carbocycles. The number of carbonyl (C=O) groups is 1. The summed E-state index contributed by atoms with van der Waals surface area (Å²) in [6.07, 6.45) is -0.289. The fourth-order valence-corrected chi connectivity index (χ4v) is 2.54. The van der Waals surface area contributed by atoms with E-state index in [-0.39, 0.29) is 18.6 Å². The quantitative estimate of drug-likeness (QED) is 0.796. The molecule has 2 heterocycles. The predicted octanol–water partition coefficient (Wildman–Crippen LogP) is -0.0324. The average molecular weight is 256 g/mol. The van der Waals surface area contributed by atoms with Crippen molar-refractivity contribution in [2.75, 3.05) is 26.3 Å². The molecular weight excluding hydrogens is 240 g/mol. The Morgan fingerprint density at radius 3 is 3.24 bits per heavy atom. The summed E-state index contributed by atoms with van der Waals surface area (Å²) in [6, 6.07) is 3.13. The van der Waals surface area contributed by atoms with Gasteiger partial charge in [-0.15, -0.1) is 11.3 Å². The zero-order valence-electron chi connectivity index (χ0n) is 9.41. The molecule has 5 nitrogen and oxygen atoms in total. The van der Waals surface area contributed by atoms with E-state index < -0.39 is 6.04 Å². The molecule has 94 valence electrons. The van der Waals surface area contributed by atoms with Gasteiger partial charge >= 0.3 is 0 Å². The SMILES string of the molecule is NC(C(=O)N1CCOC(CO)C1)c1cccs1. The molecule has 2 atom stereocenters. The third-order valence-corrected chi connectivity index (χ3v) is 3.73. The first-order chi connectivity index (χ1) is 8.22. The van der Waals surface area contributed by atoms with E-state index in [0.29, 0.717) is 19.7 Å². The Hall–Kier alpha value is -0.950. The normalized spacial score (nSPS) is 22.5. The van der Waals surface area contributed by atoms with Crippen LogP contribution in [0.25, 0.3) is 0 Å². The first kappa shape index (κ1) is 12.5. The third kappa shape index (κ3) is 2.84. The number of hydrogen-bond acceptors (Lipinski definition) is 5. The van der Waals surface area contributed by atoms with Gasteiger partial charge in [-0.05, 0) is 11.4 Å². The van der Waals surface area contributed by atoms with Crippen LogP contribution in [0.1, 0.15) is 10.9 Å². The van der Waals surface area contributed by atoms with Crippen LogP contribution in [0.3, 0.4) is 0 Å². The summed E-state index contributed by atoms with van der Waals surface area (Å²) < 4.78 is 5.30. The summed E-state index contributed by atoms with van der Waals surface area (Å²) >= 11 is 1.48. The van der Waals surface area contributed by atoms with Gasteiger partial charge in [0, 0.05) is 18.0 Å². The molecule has 1 saturated heterocycles. The third-order valence-electron chi connectivity index (χ3n) is 2.77. The van der Waals surface area contributed by atoms with Gasteiger partial charge in [-0.1, -0.05) is 6.07 Å². The number of ether oxygens (including phenoxy) is 1. The Balaban J connectivity index is 1.99. The molecule has 1 fully saturated rings. The van der Waals surface area contributed by atoms with Crippen LogP contribution in [0.5, 0.6) is 0 Å². The second-order valence-corrected chi connectivity index (χ2v) is 4.93. The van der Waals surface area contributed by atoms with Crippen molar-refractivity contribution in [3.05, 3.63) is 22.4 Å². The van der Waals surface area contributed by atoms with Gasteiger partial charge in [0.2, 0.25) is 5.91 Å². The highest BCUT2D eigenvalue weighted by molar-refractivity contribution is 7.10. The number of aliphatic hydroxyl groups excluding tert-OH is 1. The van der Waals surface area contributed by atoms with Gasteiger partial charge < -0.3 is 20.5 Å². The van der Waals surface area contributed by atoms with E-state index in [9.17, 15) is 4.79 Å². The number of morpholine rings is 1. The highest BCUT2D eigenvalue weighted by Crippen LogP contribution is 2.19. The zero-order valence-corrected chi connectivity index (χ0v) is 10.2. The number of thiophene rings is 1. The maximum Gasteiger partial charge on any atom is 0.245 e. The van der Waals surface area contributed by atoms with Crippen molar-refractivity contribution in [1.82, 2.24) is 4.90 Å². The predicted molar refractivity (Wildman–Crippen MR) is 64.7 cm³/mol. The van der Waals surface area contributed by atoms with Crippen LogP contribution in [0, 0.1) is 0 Å². The van der Waals surface area contributed by atoms with Crippen LogP contribution in [0.15, 0.2) is 17.5 Å². The summed E-state index contributed by atoms with van der Waals surface area (Å²) in [5.41, 5.74) is 5.92. The van der Waals surface area contributed by atoms with Crippen molar-refractivity contribution in [3.63, 3.8) is 0 Å². The average Bonchev–Trinajstić information content (AvgIpc) is 2.91. The molecule has 17 heavy (non-hydrogen) atoms. The lowest BCUT2D eigenvalue weighted by atomic mass is 10.2.